The minimum atomic E-state index is -4.78. The maximum absolute atomic E-state index is 12.6. The van der Waals surface area contributed by atoms with Crippen molar-refractivity contribution in [3.63, 3.8) is 0 Å². The van der Waals surface area contributed by atoms with Crippen LogP contribution in [-0.4, -0.2) is 35.2 Å². The summed E-state index contributed by atoms with van der Waals surface area (Å²) in [7, 11) is 0. The van der Waals surface area contributed by atoms with Crippen LogP contribution >= 0.6 is 11.3 Å². The minimum Gasteiger partial charge on any atom is -0.406 e. The van der Waals surface area contributed by atoms with Crippen LogP contribution in [0.25, 0.3) is 10.2 Å². The number of hydrogen-bond acceptors (Lipinski definition) is 6. The van der Waals surface area contributed by atoms with Crippen molar-refractivity contribution in [2.45, 2.75) is 63.9 Å². The Morgan fingerprint density at radius 3 is 2.65 bits per heavy atom. The van der Waals surface area contributed by atoms with Crippen LogP contribution < -0.4 is 21.1 Å². The van der Waals surface area contributed by atoms with E-state index in [0.717, 1.165) is 43.4 Å². The van der Waals surface area contributed by atoms with E-state index in [1.54, 1.807) is 6.92 Å². The lowest BCUT2D eigenvalue weighted by molar-refractivity contribution is -0.274. The number of nitrogens with one attached hydrogen (secondary N) is 2. The van der Waals surface area contributed by atoms with Gasteiger partial charge < -0.3 is 21.1 Å². The molecule has 0 saturated heterocycles. The van der Waals surface area contributed by atoms with Gasteiger partial charge in [0.25, 0.3) is 0 Å². The van der Waals surface area contributed by atoms with Gasteiger partial charge in [-0.25, -0.2) is 4.98 Å². The molecule has 4 N–H and O–H groups in total. The molecule has 1 aromatic carbocycles. The molecular weight excluding hydrogens is 433 g/mol. The molecule has 0 bridgehead atoms. The first-order valence-electron chi connectivity index (χ1n) is 10.1. The number of alkyl halides is 3. The first-order chi connectivity index (χ1) is 14.6. The molecule has 1 saturated carbocycles. The van der Waals surface area contributed by atoms with E-state index in [4.69, 9.17) is 5.73 Å². The molecule has 31 heavy (non-hydrogen) atoms. The van der Waals surface area contributed by atoms with Gasteiger partial charge in [0.2, 0.25) is 11.8 Å². The number of fused-ring (bicyclic) bond motifs is 1. The molecule has 0 radical (unpaired) electrons. The maximum Gasteiger partial charge on any atom is 0.573 e. The Labute approximate surface area is 181 Å². The highest BCUT2D eigenvalue weighted by atomic mass is 32.1. The molecule has 0 spiro atoms. The van der Waals surface area contributed by atoms with Crippen molar-refractivity contribution >= 4 is 38.5 Å². The van der Waals surface area contributed by atoms with E-state index in [1.807, 2.05) is 0 Å². The fourth-order valence-corrected chi connectivity index (χ4v) is 4.62. The number of anilines is 1. The fourth-order valence-electron chi connectivity index (χ4n) is 3.71. The second-order valence-electron chi connectivity index (χ2n) is 7.75. The van der Waals surface area contributed by atoms with Crippen molar-refractivity contribution in [1.82, 2.24) is 10.3 Å². The summed E-state index contributed by atoms with van der Waals surface area (Å²) < 4.78 is 41.6. The van der Waals surface area contributed by atoms with Crippen LogP contribution in [0.15, 0.2) is 18.2 Å². The van der Waals surface area contributed by atoms with Gasteiger partial charge in [0.1, 0.15) is 5.75 Å². The van der Waals surface area contributed by atoms with Crippen molar-refractivity contribution in [3.8, 4) is 5.75 Å². The molecule has 11 heteroatoms. The van der Waals surface area contributed by atoms with Gasteiger partial charge in [0, 0.05) is 18.5 Å². The highest BCUT2D eigenvalue weighted by Crippen LogP contribution is 2.32. The van der Waals surface area contributed by atoms with E-state index in [0.29, 0.717) is 10.2 Å². The third-order valence-corrected chi connectivity index (χ3v) is 6.14. The lowest BCUT2D eigenvalue weighted by atomic mass is 9.82. The lowest BCUT2D eigenvalue weighted by Gasteiger charge is -2.31. The van der Waals surface area contributed by atoms with Crippen LogP contribution in [0.1, 0.15) is 45.4 Å². The standard InChI is InChI=1S/C20H25F3N4O3S/c1-11(24)18(29)25-15(12-5-3-2-4-6-12)10-17(28)27-19-26-14-8-7-13(9-16(14)31-19)30-20(21,22)23/h7-9,11-12,15H,2-6,10,24H2,1H3,(H,25,29)(H,26,27,28). The predicted molar refractivity (Wildman–Crippen MR) is 112 cm³/mol. The lowest BCUT2D eigenvalue weighted by Crippen LogP contribution is -2.48. The zero-order valence-electron chi connectivity index (χ0n) is 17.0. The van der Waals surface area contributed by atoms with Crippen LogP contribution in [0.4, 0.5) is 18.3 Å². The normalized spacial score (nSPS) is 17.2. The van der Waals surface area contributed by atoms with Crippen molar-refractivity contribution < 1.29 is 27.5 Å². The number of thiazole rings is 1. The number of nitrogens with two attached hydrogens (primary N) is 1. The molecule has 2 amide bonds. The molecule has 1 fully saturated rings. The van der Waals surface area contributed by atoms with Gasteiger partial charge in [-0.2, -0.15) is 0 Å². The Kier molecular flexibility index (Phi) is 7.37. The maximum atomic E-state index is 12.6. The van der Waals surface area contributed by atoms with Gasteiger partial charge >= 0.3 is 6.36 Å². The predicted octanol–water partition coefficient (Wildman–Crippen LogP) is 3.94. The van der Waals surface area contributed by atoms with Crippen molar-refractivity contribution in [2.24, 2.45) is 11.7 Å². The third kappa shape index (κ3) is 6.79. The monoisotopic (exact) mass is 458 g/mol. The number of halogens is 3. The van der Waals surface area contributed by atoms with Gasteiger partial charge in [-0.05, 0) is 37.8 Å². The first kappa shape index (κ1) is 23.3. The van der Waals surface area contributed by atoms with Gasteiger partial charge in [-0.15, -0.1) is 13.2 Å². The second-order valence-corrected chi connectivity index (χ2v) is 8.78. The largest absolute Gasteiger partial charge is 0.573 e. The number of nitrogens with zero attached hydrogens (tertiary/aromatic N) is 1. The summed E-state index contributed by atoms with van der Waals surface area (Å²) in [4.78, 5) is 29.0. The summed E-state index contributed by atoms with van der Waals surface area (Å²) in [5.74, 6) is -0.788. The van der Waals surface area contributed by atoms with Gasteiger partial charge in [0.05, 0.1) is 16.3 Å². The summed E-state index contributed by atoms with van der Waals surface area (Å²) in [6, 6.07) is 2.79. The number of hydrogen-bond donors (Lipinski definition) is 3. The molecule has 3 rings (SSSR count). The molecule has 1 aliphatic carbocycles. The summed E-state index contributed by atoms with van der Waals surface area (Å²) in [6.45, 7) is 1.59. The van der Waals surface area contributed by atoms with Crippen LogP contribution in [0.5, 0.6) is 5.75 Å². The molecule has 1 heterocycles. The second kappa shape index (κ2) is 9.82. The molecule has 2 atom stereocenters. The molecule has 2 aromatic rings. The Hall–Kier alpha value is -2.40. The average Bonchev–Trinajstić information content (AvgIpc) is 3.08. The van der Waals surface area contributed by atoms with Crippen molar-refractivity contribution in [3.05, 3.63) is 18.2 Å². The zero-order chi connectivity index (χ0) is 22.6. The number of amides is 2. The molecule has 7 nitrogen and oxygen atoms in total. The molecule has 1 aromatic heterocycles. The van der Waals surface area contributed by atoms with E-state index in [1.165, 1.54) is 18.2 Å². The molecular formula is C20H25F3N4O3S. The number of ether oxygens (including phenoxy) is 1. The zero-order valence-corrected chi connectivity index (χ0v) is 17.8. The van der Waals surface area contributed by atoms with E-state index in [9.17, 15) is 22.8 Å². The number of carbonyl (C=O) groups is 2. The smallest absolute Gasteiger partial charge is 0.406 e. The van der Waals surface area contributed by atoms with E-state index < -0.39 is 12.4 Å². The van der Waals surface area contributed by atoms with Crippen LogP contribution in [0.2, 0.25) is 0 Å². The molecule has 170 valence electrons. The highest BCUT2D eigenvalue weighted by Gasteiger charge is 2.31. The topological polar surface area (TPSA) is 106 Å². The number of carbonyl (C=O) groups excluding carboxylic acids is 2. The quantitative estimate of drug-likeness (QED) is 0.583. The fraction of sp³-hybridized carbons (Fsp3) is 0.550. The van der Waals surface area contributed by atoms with Crippen LogP contribution in [-0.2, 0) is 9.59 Å². The number of rotatable bonds is 7. The first-order valence-corrected chi connectivity index (χ1v) is 10.9. The average molecular weight is 459 g/mol. The molecule has 0 aliphatic heterocycles. The molecule has 2 unspecified atom stereocenters. The van der Waals surface area contributed by atoms with Crippen molar-refractivity contribution in [2.75, 3.05) is 5.32 Å². The Morgan fingerprint density at radius 2 is 2.00 bits per heavy atom. The number of aromatic nitrogens is 1. The van der Waals surface area contributed by atoms with Crippen LogP contribution in [0, 0.1) is 5.92 Å². The number of benzene rings is 1. The Bertz CT molecular complexity index is 926. The summed E-state index contributed by atoms with van der Waals surface area (Å²) in [6.07, 6.45) is 0.396. The van der Waals surface area contributed by atoms with E-state index in [2.05, 4.69) is 20.4 Å². The molecule has 1 aliphatic rings. The van der Waals surface area contributed by atoms with E-state index >= 15 is 0 Å². The summed E-state index contributed by atoms with van der Waals surface area (Å²) in [5, 5.41) is 5.86. The summed E-state index contributed by atoms with van der Waals surface area (Å²) >= 11 is 1.05. The van der Waals surface area contributed by atoms with Gasteiger partial charge in [-0.3, -0.25) is 9.59 Å². The van der Waals surface area contributed by atoms with Gasteiger partial charge in [0.15, 0.2) is 5.13 Å². The van der Waals surface area contributed by atoms with Gasteiger partial charge in [-0.1, -0.05) is 30.6 Å². The summed E-state index contributed by atoms with van der Waals surface area (Å²) in [5.41, 5.74) is 6.11. The minimum absolute atomic E-state index is 0.0709. The van der Waals surface area contributed by atoms with E-state index in [-0.39, 0.29) is 41.1 Å². The highest BCUT2D eigenvalue weighted by molar-refractivity contribution is 7.22. The SMILES string of the molecule is CC(N)C(=O)NC(CC(=O)Nc1nc2ccc(OC(F)(F)F)cc2s1)C1CCCCC1. The third-order valence-electron chi connectivity index (χ3n) is 5.21. The van der Waals surface area contributed by atoms with Crippen molar-refractivity contribution in [1.29, 1.82) is 0 Å². The van der Waals surface area contributed by atoms with Crippen LogP contribution in [0.3, 0.4) is 0 Å². The Morgan fingerprint density at radius 1 is 1.29 bits per heavy atom. The Balaban J connectivity index is 1.67.